The van der Waals surface area contributed by atoms with Crippen LogP contribution in [0.1, 0.15) is 18.9 Å². The minimum Gasteiger partial charge on any atom is -0.493 e. The van der Waals surface area contributed by atoms with Gasteiger partial charge in [-0.15, -0.1) is 0 Å². The van der Waals surface area contributed by atoms with Crippen LogP contribution in [0.5, 0.6) is 11.5 Å². The van der Waals surface area contributed by atoms with E-state index in [9.17, 15) is 4.79 Å². The van der Waals surface area contributed by atoms with Gasteiger partial charge in [-0.25, -0.2) is 0 Å². The van der Waals surface area contributed by atoms with E-state index in [-0.39, 0.29) is 5.91 Å². The van der Waals surface area contributed by atoms with Crippen LogP contribution in [0.15, 0.2) is 18.2 Å². The number of ether oxygens (including phenoxy) is 2. The van der Waals surface area contributed by atoms with E-state index in [2.05, 4.69) is 5.32 Å². The largest absolute Gasteiger partial charge is 0.493 e. The van der Waals surface area contributed by atoms with Crippen molar-refractivity contribution in [3.05, 3.63) is 23.8 Å². The lowest BCUT2D eigenvalue weighted by Crippen LogP contribution is -2.24. The van der Waals surface area contributed by atoms with Crippen LogP contribution in [0.2, 0.25) is 0 Å². The SMILES string of the molecule is CCC(=O)NCCc1cccc(OC)c1OC. The van der Waals surface area contributed by atoms with Gasteiger partial charge in [-0.1, -0.05) is 19.1 Å². The predicted molar refractivity (Wildman–Crippen MR) is 66.6 cm³/mol. The van der Waals surface area contributed by atoms with Crippen molar-refractivity contribution < 1.29 is 14.3 Å². The highest BCUT2D eigenvalue weighted by Gasteiger charge is 2.09. The van der Waals surface area contributed by atoms with E-state index in [1.807, 2.05) is 25.1 Å². The highest BCUT2D eigenvalue weighted by Crippen LogP contribution is 2.30. The standard InChI is InChI=1S/C13H19NO3/c1-4-12(15)14-9-8-10-6-5-7-11(16-2)13(10)17-3/h5-7H,4,8-9H2,1-3H3,(H,14,15). The van der Waals surface area contributed by atoms with E-state index in [1.165, 1.54) is 0 Å². The minimum atomic E-state index is 0.0619. The number of carbonyl (C=O) groups excluding carboxylic acids is 1. The number of carbonyl (C=O) groups is 1. The lowest BCUT2D eigenvalue weighted by molar-refractivity contribution is -0.120. The highest BCUT2D eigenvalue weighted by atomic mass is 16.5. The van der Waals surface area contributed by atoms with Crippen molar-refractivity contribution in [2.24, 2.45) is 0 Å². The van der Waals surface area contributed by atoms with Crippen molar-refractivity contribution >= 4 is 5.91 Å². The number of rotatable bonds is 6. The van der Waals surface area contributed by atoms with Crippen LogP contribution >= 0.6 is 0 Å². The monoisotopic (exact) mass is 237 g/mol. The summed E-state index contributed by atoms with van der Waals surface area (Å²) in [7, 11) is 3.23. The minimum absolute atomic E-state index is 0.0619. The summed E-state index contributed by atoms with van der Waals surface area (Å²) in [5.74, 6) is 1.51. The number of methoxy groups -OCH3 is 2. The zero-order valence-corrected chi connectivity index (χ0v) is 10.6. The molecule has 94 valence electrons. The summed E-state index contributed by atoms with van der Waals surface area (Å²) < 4.78 is 10.5. The second-order valence-electron chi connectivity index (χ2n) is 3.61. The van der Waals surface area contributed by atoms with Crippen molar-refractivity contribution in [1.82, 2.24) is 5.32 Å². The summed E-state index contributed by atoms with van der Waals surface area (Å²) in [6.45, 7) is 2.44. The fourth-order valence-electron chi connectivity index (χ4n) is 1.61. The van der Waals surface area contributed by atoms with Crippen molar-refractivity contribution in [2.75, 3.05) is 20.8 Å². The molecule has 0 spiro atoms. The fourth-order valence-corrected chi connectivity index (χ4v) is 1.61. The maximum atomic E-state index is 11.1. The van der Waals surface area contributed by atoms with Gasteiger partial charge in [0.05, 0.1) is 14.2 Å². The Bertz CT molecular complexity index is 377. The predicted octanol–water partition coefficient (Wildman–Crippen LogP) is 1.77. The van der Waals surface area contributed by atoms with E-state index in [0.29, 0.717) is 18.7 Å². The van der Waals surface area contributed by atoms with Gasteiger partial charge in [0.2, 0.25) is 5.91 Å². The first-order chi connectivity index (χ1) is 8.22. The second-order valence-corrected chi connectivity index (χ2v) is 3.61. The lowest BCUT2D eigenvalue weighted by Gasteiger charge is -2.12. The van der Waals surface area contributed by atoms with E-state index < -0.39 is 0 Å². The molecular weight excluding hydrogens is 218 g/mol. The third-order valence-electron chi connectivity index (χ3n) is 2.52. The summed E-state index contributed by atoms with van der Waals surface area (Å²) in [6, 6.07) is 5.74. The van der Waals surface area contributed by atoms with E-state index >= 15 is 0 Å². The third-order valence-corrected chi connectivity index (χ3v) is 2.52. The van der Waals surface area contributed by atoms with E-state index in [0.717, 1.165) is 17.7 Å². The first-order valence-electron chi connectivity index (χ1n) is 5.69. The van der Waals surface area contributed by atoms with Crippen LogP contribution in [0.25, 0.3) is 0 Å². The van der Waals surface area contributed by atoms with Gasteiger partial charge in [0.25, 0.3) is 0 Å². The van der Waals surface area contributed by atoms with Gasteiger partial charge >= 0.3 is 0 Å². The molecule has 1 aromatic rings. The smallest absolute Gasteiger partial charge is 0.219 e. The molecule has 1 rings (SSSR count). The summed E-state index contributed by atoms with van der Waals surface area (Å²) in [4.78, 5) is 11.1. The molecule has 0 unspecified atom stereocenters. The molecule has 0 saturated carbocycles. The Hall–Kier alpha value is -1.71. The molecule has 4 heteroatoms. The van der Waals surface area contributed by atoms with Gasteiger partial charge < -0.3 is 14.8 Å². The van der Waals surface area contributed by atoms with Gasteiger partial charge in [-0.05, 0) is 18.1 Å². The lowest BCUT2D eigenvalue weighted by atomic mass is 10.1. The first kappa shape index (κ1) is 13.4. The van der Waals surface area contributed by atoms with Gasteiger partial charge in [0, 0.05) is 13.0 Å². The Morgan fingerprint density at radius 3 is 2.65 bits per heavy atom. The molecule has 0 heterocycles. The van der Waals surface area contributed by atoms with Gasteiger partial charge in [-0.2, -0.15) is 0 Å². The van der Waals surface area contributed by atoms with E-state index in [4.69, 9.17) is 9.47 Å². The number of nitrogens with one attached hydrogen (secondary N) is 1. The number of para-hydroxylation sites is 1. The molecule has 0 atom stereocenters. The van der Waals surface area contributed by atoms with Crippen molar-refractivity contribution in [2.45, 2.75) is 19.8 Å². The van der Waals surface area contributed by atoms with Gasteiger partial charge in [0.1, 0.15) is 0 Å². The molecule has 0 bridgehead atoms. The second kappa shape index (κ2) is 6.78. The quantitative estimate of drug-likeness (QED) is 0.820. The molecule has 0 aromatic heterocycles. The molecule has 17 heavy (non-hydrogen) atoms. The Morgan fingerprint density at radius 1 is 1.29 bits per heavy atom. The molecule has 0 radical (unpaired) electrons. The fraction of sp³-hybridized carbons (Fsp3) is 0.462. The van der Waals surface area contributed by atoms with Crippen LogP contribution in [-0.4, -0.2) is 26.7 Å². The number of amides is 1. The number of benzene rings is 1. The van der Waals surface area contributed by atoms with E-state index in [1.54, 1.807) is 14.2 Å². The summed E-state index contributed by atoms with van der Waals surface area (Å²) in [5.41, 5.74) is 1.03. The summed E-state index contributed by atoms with van der Waals surface area (Å²) in [5, 5.41) is 2.83. The third kappa shape index (κ3) is 3.66. The molecule has 1 N–H and O–H groups in total. The van der Waals surface area contributed by atoms with Crippen molar-refractivity contribution in [3.8, 4) is 11.5 Å². The Balaban J connectivity index is 2.67. The first-order valence-corrected chi connectivity index (χ1v) is 5.69. The molecular formula is C13H19NO3. The van der Waals surface area contributed by atoms with Crippen molar-refractivity contribution in [1.29, 1.82) is 0 Å². The van der Waals surface area contributed by atoms with Gasteiger partial charge in [0.15, 0.2) is 11.5 Å². The van der Waals surface area contributed by atoms with Crippen molar-refractivity contribution in [3.63, 3.8) is 0 Å². The van der Waals surface area contributed by atoms with Crippen LogP contribution in [-0.2, 0) is 11.2 Å². The molecule has 0 fully saturated rings. The average molecular weight is 237 g/mol. The summed E-state index contributed by atoms with van der Waals surface area (Å²) in [6.07, 6.45) is 1.24. The Labute approximate surface area is 102 Å². The Kier molecular flexibility index (Phi) is 5.33. The maximum Gasteiger partial charge on any atom is 0.219 e. The normalized spacial score (nSPS) is 9.82. The van der Waals surface area contributed by atoms with Gasteiger partial charge in [-0.3, -0.25) is 4.79 Å². The average Bonchev–Trinajstić information content (AvgIpc) is 2.37. The van der Waals surface area contributed by atoms with Crippen LogP contribution < -0.4 is 14.8 Å². The van der Waals surface area contributed by atoms with Crippen LogP contribution in [0.4, 0.5) is 0 Å². The molecule has 4 nitrogen and oxygen atoms in total. The zero-order valence-electron chi connectivity index (χ0n) is 10.6. The Morgan fingerprint density at radius 2 is 2.06 bits per heavy atom. The topological polar surface area (TPSA) is 47.6 Å². The molecule has 0 aliphatic rings. The molecule has 1 aromatic carbocycles. The van der Waals surface area contributed by atoms with Crippen LogP contribution in [0, 0.1) is 0 Å². The number of hydrogen-bond acceptors (Lipinski definition) is 3. The summed E-state index contributed by atoms with van der Waals surface area (Å²) >= 11 is 0. The maximum absolute atomic E-state index is 11.1. The van der Waals surface area contributed by atoms with Crippen LogP contribution in [0.3, 0.4) is 0 Å². The highest BCUT2D eigenvalue weighted by molar-refractivity contribution is 5.75. The molecule has 1 amide bonds. The molecule has 0 saturated heterocycles. The zero-order chi connectivity index (χ0) is 12.7. The molecule has 0 aliphatic carbocycles. The molecule has 0 aliphatic heterocycles. The number of hydrogen-bond donors (Lipinski definition) is 1.